The number of thioether (sulfide) groups is 1. The number of benzene rings is 1. The fourth-order valence-corrected chi connectivity index (χ4v) is 4.51. The second-order valence-electron chi connectivity index (χ2n) is 7.55. The van der Waals surface area contributed by atoms with E-state index in [0.717, 1.165) is 42.9 Å². The molecule has 1 amide bonds. The van der Waals surface area contributed by atoms with E-state index in [1.54, 1.807) is 23.1 Å². The number of hydrogen-bond donors (Lipinski definition) is 0. The maximum atomic E-state index is 13.3. The normalized spacial score (nSPS) is 16.6. The summed E-state index contributed by atoms with van der Waals surface area (Å²) >= 11 is 7.78. The SMILES string of the molecule is Cc1ccc(-n2nnc(C(=O)N3CCCC(C)C3)c2CSc2ncccn2)cc1Cl. The van der Waals surface area contributed by atoms with Gasteiger partial charge in [-0.05, 0) is 49.4 Å². The Morgan fingerprint density at radius 2 is 2.10 bits per heavy atom. The third kappa shape index (κ3) is 4.49. The number of aromatic nitrogens is 5. The summed E-state index contributed by atoms with van der Waals surface area (Å²) in [7, 11) is 0. The van der Waals surface area contributed by atoms with Crippen LogP contribution in [0.5, 0.6) is 0 Å². The van der Waals surface area contributed by atoms with Crippen LogP contribution in [-0.2, 0) is 5.75 Å². The van der Waals surface area contributed by atoms with E-state index in [0.29, 0.717) is 27.5 Å². The van der Waals surface area contributed by atoms with E-state index in [1.165, 1.54) is 11.8 Å². The smallest absolute Gasteiger partial charge is 0.276 e. The van der Waals surface area contributed by atoms with Gasteiger partial charge in [0.15, 0.2) is 10.9 Å². The molecule has 3 aromatic rings. The number of piperidine rings is 1. The molecule has 1 aromatic carbocycles. The molecule has 1 aliphatic rings. The van der Waals surface area contributed by atoms with E-state index >= 15 is 0 Å². The van der Waals surface area contributed by atoms with Gasteiger partial charge in [0.1, 0.15) is 0 Å². The molecule has 4 rings (SSSR count). The van der Waals surface area contributed by atoms with Crippen LogP contribution in [0.3, 0.4) is 0 Å². The molecule has 30 heavy (non-hydrogen) atoms. The van der Waals surface area contributed by atoms with Crippen molar-refractivity contribution in [1.82, 2.24) is 29.9 Å². The first-order valence-corrected chi connectivity index (χ1v) is 11.3. The number of hydrogen-bond acceptors (Lipinski definition) is 6. The molecular formula is C21H23ClN6OS. The van der Waals surface area contributed by atoms with Crippen molar-refractivity contribution in [2.75, 3.05) is 13.1 Å². The van der Waals surface area contributed by atoms with Crippen molar-refractivity contribution in [2.45, 2.75) is 37.6 Å². The van der Waals surface area contributed by atoms with Crippen LogP contribution in [0.25, 0.3) is 5.69 Å². The monoisotopic (exact) mass is 442 g/mol. The van der Waals surface area contributed by atoms with Gasteiger partial charge in [0.05, 0.1) is 11.4 Å². The van der Waals surface area contributed by atoms with Gasteiger partial charge in [-0.1, -0.05) is 41.6 Å². The third-order valence-electron chi connectivity index (χ3n) is 5.19. The summed E-state index contributed by atoms with van der Waals surface area (Å²) < 4.78 is 1.70. The highest BCUT2D eigenvalue weighted by atomic mass is 35.5. The summed E-state index contributed by atoms with van der Waals surface area (Å²) in [4.78, 5) is 23.7. The lowest BCUT2D eigenvalue weighted by molar-refractivity contribution is 0.0676. The van der Waals surface area contributed by atoms with Crippen LogP contribution in [0, 0.1) is 12.8 Å². The lowest BCUT2D eigenvalue weighted by Gasteiger charge is -2.30. The van der Waals surface area contributed by atoms with E-state index in [4.69, 9.17) is 11.6 Å². The number of aryl methyl sites for hydroxylation is 1. The van der Waals surface area contributed by atoms with Crippen LogP contribution in [0.2, 0.25) is 5.02 Å². The summed E-state index contributed by atoms with van der Waals surface area (Å²) in [5.41, 5.74) is 2.85. The molecule has 0 saturated carbocycles. The van der Waals surface area contributed by atoms with Crippen molar-refractivity contribution in [3.05, 3.63) is 58.6 Å². The maximum absolute atomic E-state index is 13.3. The zero-order valence-electron chi connectivity index (χ0n) is 17.0. The lowest BCUT2D eigenvalue weighted by atomic mass is 10.00. The zero-order chi connectivity index (χ0) is 21.1. The number of carbonyl (C=O) groups excluding carboxylic acids is 1. The van der Waals surface area contributed by atoms with Crippen molar-refractivity contribution >= 4 is 29.3 Å². The summed E-state index contributed by atoms with van der Waals surface area (Å²) in [6.07, 6.45) is 5.56. The molecule has 1 unspecified atom stereocenters. The van der Waals surface area contributed by atoms with Gasteiger partial charge in [0, 0.05) is 36.3 Å². The number of nitrogens with zero attached hydrogens (tertiary/aromatic N) is 6. The van der Waals surface area contributed by atoms with Crippen LogP contribution in [-0.4, -0.2) is 48.9 Å². The second-order valence-corrected chi connectivity index (χ2v) is 8.90. The molecule has 2 aromatic heterocycles. The van der Waals surface area contributed by atoms with Crippen LogP contribution >= 0.6 is 23.4 Å². The van der Waals surface area contributed by atoms with Crippen LogP contribution in [0.1, 0.15) is 41.5 Å². The Kier molecular flexibility index (Phi) is 6.34. The maximum Gasteiger partial charge on any atom is 0.276 e. The molecule has 9 heteroatoms. The summed E-state index contributed by atoms with van der Waals surface area (Å²) in [6, 6.07) is 7.48. The molecule has 0 aliphatic carbocycles. The van der Waals surface area contributed by atoms with Crippen LogP contribution in [0.15, 0.2) is 41.8 Å². The Bertz CT molecular complexity index is 1040. The van der Waals surface area contributed by atoms with E-state index in [2.05, 4.69) is 27.2 Å². The van der Waals surface area contributed by atoms with E-state index in [-0.39, 0.29) is 5.91 Å². The molecule has 1 saturated heterocycles. The zero-order valence-corrected chi connectivity index (χ0v) is 18.5. The highest BCUT2D eigenvalue weighted by Gasteiger charge is 2.28. The third-order valence-corrected chi connectivity index (χ3v) is 6.48. The summed E-state index contributed by atoms with van der Waals surface area (Å²) in [6.45, 7) is 5.62. The highest BCUT2D eigenvalue weighted by molar-refractivity contribution is 7.98. The van der Waals surface area contributed by atoms with Crippen molar-refractivity contribution in [3.63, 3.8) is 0 Å². The lowest BCUT2D eigenvalue weighted by Crippen LogP contribution is -2.39. The molecule has 0 bridgehead atoms. The first-order valence-electron chi connectivity index (χ1n) is 9.93. The topological polar surface area (TPSA) is 76.8 Å². The average molecular weight is 443 g/mol. The van der Waals surface area contributed by atoms with E-state index in [9.17, 15) is 4.79 Å². The number of likely N-dealkylation sites (tertiary alicyclic amines) is 1. The first-order chi connectivity index (χ1) is 14.5. The predicted octanol–water partition coefficient (Wildman–Crippen LogP) is 4.18. The molecule has 1 fully saturated rings. The molecule has 0 spiro atoms. The quantitative estimate of drug-likeness (QED) is 0.435. The van der Waals surface area contributed by atoms with E-state index in [1.807, 2.05) is 30.0 Å². The minimum absolute atomic E-state index is 0.0735. The van der Waals surface area contributed by atoms with Crippen molar-refractivity contribution in [3.8, 4) is 5.69 Å². The van der Waals surface area contributed by atoms with Gasteiger partial charge in [-0.25, -0.2) is 14.6 Å². The van der Waals surface area contributed by atoms with Crippen LogP contribution < -0.4 is 0 Å². The Labute approximate surface area is 184 Å². The summed E-state index contributed by atoms with van der Waals surface area (Å²) in [5, 5.41) is 9.87. The van der Waals surface area contributed by atoms with Crippen molar-refractivity contribution in [2.24, 2.45) is 5.92 Å². The summed E-state index contributed by atoms with van der Waals surface area (Å²) in [5.74, 6) is 0.882. The Hall–Kier alpha value is -2.45. The molecule has 3 heterocycles. The minimum Gasteiger partial charge on any atom is -0.337 e. The molecule has 1 aliphatic heterocycles. The number of halogens is 1. The molecule has 156 valence electrons. The van der Waals surface area contributed by atoms with Gasteiger partial charge in [0.25, 0.3) is 5.91 Å². The average Bonchev–Trinajstić information content (AvgIpc) is 3.18. The molecular weight excluding hydrogens is 420 g/mol. The van der Waals surface area contributed by atoms with Gasteiger partial charge in [-0.2, -0.15) is 0 Å². The Morgan fingerprint density at radius 3 is 2.83 bits per heavy atom. The van der Waals surface area contributed by atoms with Crippen molar-refractivity contribution in [1.29, 1.82) is 0 Å². The van der Waals surface area contributed by atoms with Gasteiger partial charge in [-0.15, -0.1) is 5.10 Å². The van der Waals surface area contributed by atoms with Gasteiger partial charge in [0.2, 0.25) is 0 Å². The number of rotatable bonds is 5. The predicted molar refractivity (Wildman–Crippen MR) is 117 cm³/mol. The fourth-order valence-electron chi connectivity index (χ4n) is 3.53. The van der Waals surface area contributed by atoms with Gasteiger partial charge < -0.3 is 4.90 Å². The first kappa shape index (κ1) is 20.8. The Morgan fingerprint density at radius 1 is 1.30 bits per heavy atom. The fraction of sp³-hybridized carbons (Fsp3) is 0.381. The highest BCUT2D eigenvalue weighted by Crippen LogP contribution is 2.26. The van der Waals surface area contributed by atoms with E-state index < -0.39 is 0 Å². The van der Waals surface area contributed by atoms with Gasteiger partial charge in [-0.3, -0.25) is 4.79 Å². The Balaban J connectivity index is 1.69. The number of carbonyl (C=O) groups is 1. The standard InChI is InChI=1S/C21H23ClN6OS/c1-14-5-3-10-27(12-14)20(29)19-18(13-30-21-23-8-4-9-24-21)28(26-25-19)16-7-6-15(2)17(22)11-16/h4,6-9,11,14H,3,5,10,12-13H2,1-2H3. The molecule has 0 radical (unpaired) electrons. The molecule has 0 N–H and O–H groups in total. The van der Waals surface area contributed by atoms with Crippen LogP contribution in [0.4, 0.5) is 0 Å². The molecule has 7 nitrogen and oxygen atoms in total. The van der Waals surface area contributed by atoms with Crippen molar-refractivity contribution < 1.29 is 4.79 Å². The number of amides is 1. The van der Waals surface area contributed by atoms with Gasteiger partial charge >= 0.3 is 0 Å². The molecule has 1 atom stereocenters. The second kappa shape index (κ2) is 9.14. The largest absolute Gasteiger partial charge is 0.337 e. The minimum atomic E-state index is -0.0735.